The lowest BCUT2D eigenvalue weighted by Crippen LogP contribution is -2.16. The van der Waals surface area contributed by atoms with E-state index in [1.165, 1.54) is 23.9 Å². The SMILES string of the molecule is CC(Oc1ccc(F)cc1)c1nnc(SCC(=O)Nc2ccc(Cl)cc2Cl)n1C(C)C. The summed E-state index contributed by atoms with van der Waals surface area (Å²) in [4.78, 5) is 12.4. The van der Waals surface area contributed by atoms with E-state index in [9.17, 15) is 9.18 Å². The van der Waals surface area contributed by atoms with Crippen LogP contribution in [-0.2, 0) is 4.79 Å². The van der Waals surface area contributed by atoms with Crippen LogP contribution in [0.5, 0.6) is 5.75 Å². The predicted molar refractivity (Wildman–Crippen MR) is 122 cm³/mol. The molecule has 1 unspecified atom stereocenters. The summed E-state index contributed by atoms with van der Waals surface area (Å²) in [5.74, 6) is 0.701. The average Bonchev–Trinajstić information content (AvgIpc) is 3.15. The molecule has 0 radical (unpaired) electrons. The molecule has 1 amide bonds. The largest absolute Gasteiger partial charge is 0.483 e. The molecule has 0 saturated carbocycles. The molecule has 0 aliphatic heterocycles. The Labute approximate surface area is 194 Å². The van der Waals surface area contributed by atoms with Crippen molar-refractivity contribution in [3.8, 4) is 5.75 Å². The van der Waals surface area contributed by atoms with E-state index in [0.29, 0.717) is 32.5 Å². The van der Waals surface area contributed by atoms with Crippen LogP contribution in [0.1, 0.15) is 38.7 Å². The normalized spacial score (nSPS) is 12.1. The summed E-state index contributed by atoms with van der Waals surface area (Å²) in [6.07, 6.45) is -0.420. The van der Waals surface area contributed by atoms with Crippen molar-refractivity contribution in [1.29, 1.82) is 0 Å². The highest BCUT2D eigenvalue weighted by Gasteiger charge is 2.22. The van der Waals surface area contributed by atoms with Crippen molar-refractivity contribution in [1.82, 2.24) is 14.8 Å². The van der Waals surface area contributed by atoms with Gasteiger partial charge in [-0.05, 0) is 63.2 Å². The van der Waals surface area contributed by atoms with Gasteiger partial charge in [-0.15, -0.1) is 10.2 Å². The minimum absolute atomic E-state index is 0.0422. The second-order valence-electron chi connectivity index (χ2n) is 6.98. The Hall–Kier alpha value is -2.29. The van der Waals surface area contributed by atoms with Crippen LogP contribution >= 0.6 is 35.0 Å². The molecule has 1 atom stereocenters. The van der Waals surface area contributed by atoms with Crippen molar-refractivity contribution in [3.63, 3.8) is 0 Å². The van der Waals surface area contributed by atoms with Gasteiger partial charge in [0.05, 0.1) is 16.5 Å². The van der Waals surface area contributed by atoms with Crippen LogP contribution in [0.2, 0.25) is 10.0 Å². The van der Waals surface area contributed by atoms with Gasteiger partial charge in [0.25, 0.3) is 0 Å². The van der Waals surface area contributed by atoms with Gasteiger partial charge in [-0.1, -0.05) is 35.0 Å². The summed E-state index contributed by atoms with van der Waals surface area (Å²) < 4.78 is 20.9. The van der Waals surface area contributed by atoms with E-state index in [-0.39, 0.29) is 23.5 Å². The van der Waals surface area contributed by atoms with Gasteiger partial charge in [0.1, 0.15) is 11.6 Å². The zero-order valence-electron chi connectivity index (χ0n) is 17.1. The van der Waals surface area contributed by atoms with Gasteiger partial charge in [-0.25, -0.2) is 4.39 Å². The molecule has 10 heteroatoms. The maximum absolute atomic E-state index is 13.1. The van der Waals surface area contributed by atoms with Gasteiger partial charge in [0, 0.05) is 11.1 Å². The summed E-state index contributed by atoms with van der Waals surface area (Å²) in [6.45, 7) is 5.83. The number of hydrogen-bond donors (Lipinski definition) is 1. The topological polar surface area (TPSA) is 69.0 Å². The number of nitrogens with one attached hydrogen (secondary N) is 1. The van der Waals surface area contributed by atoms with Gasteiger partial charge in [-0.3, -0.25) is 4.79 Å². The predicted octanol–water partition coefficient (Wildman–Crippen LogP) is 6.18. The third kappa shape index (κ3) is 6.12. The Bertz CT molecular complexity index is 1060. The van der Waals surface area contributed by atoms with Crippen molar-refractivity contribution in [2.24, 2.45) is 0 Å². The van der Waals surface area contributed by atoms with Gasteiger partial charge in [0.15, 0.2) is 17.1 Å². The average molecular weight is 483 g/mol. The Morgan fingerprint density at radius 1 is 1.16 bits per heavy atom. The molecule has 0 spiro atoms. The number of halogens is 3. The van der Waals surface area contributed by atoms with Crippen LogP contribution in [0.15, 0.2) is 47.6 Å². The molecule has 1 heterocycles. The number of carbonyl (C=O) groups is 1. The van der Waals surface area contributed by atoms with E-state index in [4.69, 9.17) is 27.9 Å². The smallest absolute Gasteiger partial charge is 0.234 e. The van der Waals surface area contributed by atoms with Crippen LogP contribution in [0.4, 0.5) is 10.1 Å². The molecule has 31 heavy (non-hydrogen) atoms. The number of thioether (sulfide) groups is 1. The molecule has 164 valence electrons. The highest BCUT2D eigenvalue weighted by molar-refractivity contribution is 7.99. The number of hydrogen-bond acceptors (Lipinski definition) is 5. The van der Waals surface area contributed by atoms with Gasteiger partial charge in [0.2, 0.25) is 5.91 Å². The lowest BCUT2D eigenvalue weighted by molar-refractivity contribution is -0.113. The second-order valence-corrected chi connectivity index (χ2v) is 8.77. The monoisotopic (exact) mass is 482 g/mol. The van der Waals surface area contributed by atoms with Crippen LogP contribution < -0.4 is 10.1 Å². The number of rotatable bonds is 8. The molecule has 1 N–H and O–H groups in total. The van der Waals surface area contributed by atoms with E-state index < -0.39 is 6.10 Å². The van der Waals surface area contributed by atoms with Crippen LogP contribution in [0, 0.1) is 5.82 Å². The molecule has 0 aliphatic rings. The molecule has 6 nitrogen and oxygen atoms in total. The molecule has 0 fully saturated rings. The first-order valence-corrected chi connectivity index (χ1v) is 11.2. The zero-order chi connectivity index (χ0) is 22.5. The molecule has 0 aliphatic carbocycles. The van der Waals surface area contributed by atoms with Crippen molar-refractivity contribution in [2.75, 3.05) is 11.1 Å². The first-order valence-electron chi connectivity index (χ1n) is 9.49. The Kier molecular flexibility index (Phi) is 7.80. The number of anilines is 1. The van der Waals surface area contributed by atoms with Crippen molar-refractivity contribution in [2.45, 2.75) is 38.1 Å². The molecule has 0 saturated heterocycles. The van der Waals surface area contributed by atoms with E-state index in [0.717, 1.165) is 0 Å². The number of ether oxygens (including phenoxy) is 1. The molecule has 3 aromatic rings. The summed E-state index contributed by atoms with van der Waals surface area (Å²) in [6, 6.07) is 10.7. The second kappa shape index (κ2) is 10.3. The standard InChI is InChI=1S/C21H21Cl2FN4O2S/c1-12(2)28-20(13(3)30-16-7-5-15(24)6-8-16)26-27-21(28)31-11-19(29)25-18-9-4-14(22)10-17(18)23/h4-10,12-13H,11H2,1-3H3,(H,25,29). The number of nitrogens with zero attached hydrogens (tertiary/aromatic N) is 3. The Balaban J connectivity index is 1.68. The first kappa shape index (κ1) is 23.4. The fraction of sp³-hybridized carbons (Fsp3) is 0.286. The minimum atomic E-state index is -0.420. The Morgan fingerprint density at radius 2 is 1.87 bits per heavy atom. The van der Waals surface area contributed by atoms with Crippen molar-refractivity contribution >= 4 is 46.6 Å². The number of amides is 1. The lowest BCUT2D eigenvalue weighted by atomic mass is 10.3. The molecular weight excluding hydrogens is 462 g/mol. The van der Waals surface area contributed by atoms with E-state index in [2.05, 4.69) is 15.5 Å². The molecule has 1 aromatic heterocycles. The third-order valence-corrected chi connectivity index (χ3v) is 5.73. The summed E-state index contributed by atoms with van der Waals surface area (Å²) in [5, 5.41) is 12.7. The van der Waals surface area contributed by atoms with Gasteiger partial charge >= 0.3 is 0 Å². The zero-order valence-corrected chi connectivity index (χ0v) is 19.4. The summed E-state index contributed by atoms with van der Waals surface area (Å²) >= 11 is 13.2. The molecular formula is C21H21Cl2FN4O2S. The van der Waals surface area contributed by atoms with E-state index >= 15 is 0 Å². The van der Waals surface area contributed by atoms with Gasteiger partial charge < -0.3 is 14.6 Å². The maximum atomic E-state index is 13.1. The van der Waals surface area contributed by atoms with Crippen molar-refractivity contribution in [3.05, 3.63) is 64.2 Å². The lowest BCUT2D eigenvalue weighted by Gasteiger charge is -2.18. The Morgan fingerprint density at radius 3 is 2.52 bits per heavy atom. The summed E-state index contributed by atoms with van der Waals surface area (Å²) in [5.41, 5.74) is 0.490. The number of benzene rings is 2. The van der Waals surface area contributed by atoms with E-state index in [1.54, 1.807) is 30.3 Å². The van der Waals surface area contributed by atoms with Crippen LogP contribution in [0.3, 0.4) is 0 Å². The third-order valence-electron chi connectivity index (χ3n) is 4.23. The van der Waals surface area contributed by atoms with Crippen molar-refractivity contribution < 1.29 is 13.9 Å². The highest BCUT2D eigenvalue weighted by Crippen LogP contribution is 2.29. The quantitative estimate of drug-likeness (QED) is 0.388. The first-order chi connectivity index (χ1) is 14.7. The molecule has 2 aromatic carbocycles. The number of carbonyl (C=O) groups excluding carboxylic acids is 1. The molecule has 3 rings (SSSR count). The minimum Gasteiger partial charge on any atom is -0.483 e. The fourth-order valence-corrected chi connectivity index (χ4v) is 4.16. The van der Waals surface area contributed by atoms with Crippen LogP contribution in [0.25, 0.3) is 0 Å². The molecule has 0 bridgehead atoms. The maximum Gasteiger partial charge on any atom is 0.234 e. The number of aromatic nitrogens is 3. The fourth-order valence-electron chi connectivity index (χ4n) is 2.83. The summed E-state index contributed by atoms with van der Waals surface area (Å²) in [7, 11) is 0. The van der Waals surface area contributed by atoms with Crippen LogP contribution in [-0.4, -0.2) is 26.4 Å². The van der Waals surface area contributed by atoms with E-state index in [1.807, 2.05) is 25.3 Å². The highest BCUT2D eigenvalue weighted by atomic mass is 35.5. The van der Waals surface area contributed by atoms with Gasteiger partial charge in [-0.2, -0.15) is 0 Å².